The first-order chi connectivity index (χ1) is 9.97. The number of hydrogen-bond acceptors (Lipinski definition) is 2. The SMILES string of the molecule is CCC(CC)CN1C(=O)C(C)NC1c1ccc(C)cc1C. The van der Waals surface area contributed by atoms with E-state index in [1.54, 1.807) is 0 Å². The van der Waals surface area contributed by atoms with E-state index in [2.05, 4.69) is 51.2 Å². The molecule has 1 saturated heterocycles. The van der Waals surface area contributed by atoms with Crippen LogP contribution in [0.25, 0.3) is 0 Å². The fourth-order valence-electron chi connectivity index (χ4n) is 3.18. The molecule has 3 nitrogen and oxygen atoms in total. The van der Waals surface area contributed by atoms with Crippen molar-refractivity contribution in [1.82, 2.24) is 10.2 Å². The van der Waals surface area contributed by atoms with Crippen molar-refractivity contribution in [2.24, 2.45) is 5.92 Å². The van der Waals surface area contributed by atoms with Crippen molar-refractivity contribution in [2.45, 2.75) is 59.7 Å². The molecule has 0 radical (unpaired) electrons. The smallest absolute Gasteiger partial charge is 0.241 e. The Morgan fingerprint density at radius 2 is 1.90 bits per heavy atom. The second kappa shape index (κ2) is 6.61. The maximum atomic E-state index is 12.5. The zero-order valence-corrected chi connectivity index (χ0v) is 13.9. The van der Waals surface area contributed by atoms with Crippen molar-refractivity contribution in [3.63, 3.8) is 0 Å². The van der Waals surface area contributed by atoms with Gasteiger partial charge in [0.2, 0.25) is 5.91 Å². The van der Waals surface area contributed by atoms with Crippen molar-refractivity contribution >= 4 is 5.91 Å². The van der Waals surface area contributed by atoms with Gasteiger partial charge in [0, 0.05) is 6.54 Å². The van der Waals surface area contributed by atoms with E-state index >= 15 is 0 Å². The highest BCUT2D eigenvalue weighted by molar-refractivity contribution is 5.84. The summed E-state index contributed by atoms with van der Waals surface area (Å²) < 4.78 is 0. The lowest BCUT2D eigenvalue weighted by Gasteiger charge is -2.29. The van der Waals surface area contributed by atoms with Crippen molar-refractivity contribution in [3.05, 3.63) is 34.9 Å². The van der Waals surface area contributed by atoms with E-state index in [1.807, 2.05) is 11.8 Å². The molecular weight excluding hydrogens is 260 g/mol. The predicted octanol–water partition coefficient (Wildman–Crippen LogP) is 3.56. The summed E-state index contributed by atoms with van der Waals surface area (Å²) >= 11 is 0. The first-order valence-corrected chi connectivity index (χ1v) is 8.11. The van der Waals surface area contributed by atoms with Crippen LogP contribution in [0.15, 0.2) is 18.2 Å². The van der Waals surface area contributed by atoms with E-state index < -0.39 is 0 Å². The Bertz CT molecular complexity index is 508. The molecule has 2 rings (SSSR count). The molecular formula is C18H28N2O. The highest BCUT2D eigenvalue weighted by Crippen LogP contribution is 2.29. The predicted molar refractivity (Wildman–Crippen MR) is 87.0 cm³/mol. The van der Waals surface area contributed by atoms with Crippen LogP contribution in [0.5, 0.6) is 0 Å². The summed E-state index contributed by atoms with van der Waals surface area (Å²) in [7, 11) is 0. The number of carbonyl (C=O) groups is 1. The van der Waals surface area contributed by atoms with E-state index in [-0.39, 0.29) is 18.1 Å². The molecule has 1 amide bonds. The van der Waals surface area contributed by atoms with Crippen LogP contribution in [0.3, 0.4) is 0 Å². The first kappa shape index (κ1) is 16.0. The lowest BCUT2D eigenvalue weighted by Crippen LogP contribution is -2.35. The Hall–Kier alpha value is -1.35. The van der Waals surface area contributed by atoms with Crippen LogP contribution >= 0.6 is 0 Å². The number of carbonyl (C=O) groups excluding carboxylic acids is 1. The number of aryl methyl sites for hydroxylation is 2. The fourth-order valence-corrected chi connectivity index (χ4v) is 3.18. The third kappa shape index (κ3) is 3.29. The quantitative estimate of drug-likeness (QED) is 0.898. The summed E-state index contributed by atoms with van der Waals surface area (Å²) in [4.78, 5) is 14.5. The van der Waals surface area contributed by atoms with Gasteiger partial charge in [0.15, 0.2) is 0 Å². The summed E-state index contributed by atoms with van der Waals surface area (Å²) in [5.41, 5.74) is 3.74. The van der Waals surface area contributed by atoms with E-state index in [9.17, 15) is 4.79 Å². The standard InChI is InChI=1S/C18H28N2O/c1-6-15(7-2)11-20-17(19-14(5)18(20)21)16-9-8-12(3)10-13(16)4/h8-10,14-15,17,19H,6-7,11H2,1-5H3. The molecule has 1 aliphatic rings. The number of rotatable bonds is 5. The van der Waals surface area contributed by atoms with Crippen molar-refractivity contribution < 1.29 is 4.79 Å². The largest absolute Gasteiger partial charge is 0.321 e. The topological polar surface area (TPSA) is 32.3 Å². The van der Waals surface area contributed by atoms with Gasteiger partial charge in [-0.3, -0.25) is 10.1 Å². The third-order valence-electron chi connectivity index (χ3n) is 4.70. The van der Waals surface area contributed by atoms with Gasteiger partial charge in [-0.25, -0.2) is 0 Å². The van der Waals surface area contributed by atoms with Crippen molar-refractivity contribution in [1.29, 1.82) is 0 Å². The average Bonchev–Trinajstić information content (AvgIpc) is 2.72. The second-order valence-electron chi connectivity index (χ2n) is 6.32. The average molecular weight is 288 g/mol. The van der Waals surface area contributed by atoms with Crippen LogP contribution in [0.4, 0.5) is 0 Å². The Morgan fingerprint density at radius 3 is 2.48 bits per heavy atom. The molecule has 2 unspecified atom stereocenters. The van der Waals surface area contributed by atoms with E-state index in [0.717, 1.165) is 19.4 Å². The lowest BCUT2D eigenvalue weighted by molar-refractivity contribution is -0.130. The van der Waals surface area contributed by atoms with Gasteiger partial charge in [-0.05, 0) is 37.8 Å². The van der Waals surface area contributed by atoms with E-state index in [1.165, 1.54) is 16.7 Å². The molecule has 1 aliphatic heterocycles. The molecule has 0 saturated carbocycles. The summed E-state index contributed by atoms with van der Waals surface area (Å²) in [6, 6.07) is 6.39. The van der Waals surface area contributed by atoms with Gasteiger partial charge in [-0.2, -0.15) is 0 Å². The molecule has 116 valence electrons. The molecule has 0 bridgehead atoms. The molecule has 1 aromatic rings. The zero-order chi connectivity index (χ0) is 15.6. The van der Waals surface area contributed by atoms with Crippen LogP contribution in [-0.2, 0) is 4.79 Å². The molecule has 1 heterocycles. The molecule has 21 heavy (non-hydrogen) atoms. The van der Waals surface area contributed by atoms with E-state index in [4.69, 9.17) is 0 Å². The minimum Gasteiger partial charge on any atom is -0.321 e. The van der Waals surface area contributed by atoms with Crippen LogP contribution in [0.2, 0.25) is 0 Å². The Kier molecular flexibility index (Phi) is 5.04. The van der Waals surface area contributed by atoms with Gasteiger partial charge >= 0.3 is 0 Å². The second-order valence-corrected chi connectivity index (χ2v) is 6.32. The zero-order valence-electron chi connectivity index (χ0n) is 13.9. The third-order valence-corrected chi connectivity index (χ3v) is 4.70. The van der Waals surface area contributed by atoms with Crippen LogP contribution in [0.1, 0.15) is 56.5 Å². The number of nitrogens with one attached hydrogen (secondary N) is 1. The van der Waals surface area contributed by atoms with Crippen LogP contribution < -0.4 is 5.32 Å². The van der Waals surface area contributed by atoms with Gasteiger partial charge < -0.3 is 4.90 Å². The lowest BCUT2D eigenvalue weighted by atomic mass is 10.00. The minimum atomic E-state index is -0.0925. The summed E-state index contributed by atoms with van der Waals surface area (Å²) in [5.74, 6) is 0.807. The summed E-state index contributed by atoms with van der Waals surface area (Å²) in [6.45, 7) is 11.5. The minimum absolute atomic E-state index is 0.0219. The van der Waals surface area contributed by atoms with Crippen LogP contribution in [0, 0.1) is 19.8 Å². The van der Waals surface area contributed by atoms with Crippen LogP contribution in [-0.4, -0.2) is 23.4 Å². The Balaban J connectivity index is 2.29. The van der Waals surface area contributed by atoms with Crippen molar-refractivity contribution in [3.8, 4) is 0 Å². The highest BCUT2D eigenvalue weighted by Gasteiger charge is 2.38. The number of benzene rings is 1. The molecule has 2 atom stereocenters. The highest BCUT2D eigenvalue weighted by atomic mass is 16.2. The van der Waals surface area contributed by atoms with Gasteiger partial charge in [-0.1, -0.05) is 50.5 Å². The van der Waals surface area contributed by atoms with E-state index in [0.29, 0.717) is 5.92 Å². The van der Waals surface area contributed by atoms with Gasteiger partial charge in [-0.15, -0.1) is 0 Å². The molecule has 1 fully saturated rings. The molecule has 0 aromatic heterocycles. The number of nitrogens with zero attached hydrogens (tertiary/aromatic N) is 1. The summed E-state index contributed by atoms with van der Waals surface area (Å²) in [5, 5.41) is 3.46. The first-order valence-electron chi connectivity index (χ1n) is 8.11. The molecule has 0 spiro atoms. The number of hydrogen-bond donors (Lipinski definition) is 1. The Labute approximate surface area is 128 Å². The molecule has 3 heteroatoms. The summed E-state index contributed by atoms with van der Waals surface area (Å²) in [6.07, 6.45) is 2.26. The van der Waals surface area contributed by atoms with Gasteiger partial charge in [0.1, 0.15) is 6.17 Å². The maximum Gasteiger partial charge on any atom is 0.241 e. The normalized spacial score (nSPS) is 22.4. The van der Waals surface area contributed by atoms with Gasteiger partial charge in [0.25, 0.3) is 0 Å². The molecule has 1 aromatic carbocycles. The van der Waals surface area contributed by atoms with Crippen molar-refractivity contribution in [2.75, 3.05) is 6.54 Å². The fraction of sp³-hybridized carbons (Fsp3) is 0.611. The Morgan fingerprint density at radius 1 is 1.24 bits per heavy atom. The number of amides is 1. The maximum absolute atomic E-state index is 12.5. The molecule has 1 N–H and O–H groups in total. The molecule has 0 aliphatic carbocycles. The monoisotopic (exact) mass is 288 g/mol. The van der Waals surface area contributed by atoms with Gasteiger partial charge in [0.05, 0.1) is 6.04 Å².